The zero-order valence-electron chi connectivity index (χ0n) is 5.32. The van der Waals surface area contributed by atoms with Crippen molar-refractivity contribution >= 4 is 15.9 Å². The summed E-state index contributed by atoms with van der Waals surface area (Å²) in [7, 11) is 0. The highest BCUT2D eigenvalue weighted by atomic mass is 79.9. The first-order valence-electron chi connectivity index (χ1n) is 2.65. The van der Waals surface area contributed by atoms with E-state index in [1.54, 1.807) is 0 Å². The van der Waals surface area contributed by atoms with E-state index in [-0.39, 0.29) is 0 Å². The monoisotopic (exact) mass is 174 g/mol. The summed E-state index contributed by atoms with van der Waals surface area (Å²) in [6, 6.07) is 0. The Morgan fingerprint density at radius 3 is 2.62 bits per heavy atom. The molecular weight excluding hydrogens is 164 g/mol. The van der Waals surface area contributed by atoms with Crippen LogP contribution in [0, 0.1) is 0 Å². The number of hydrogen-bond acceptors (Lipinski definition) is 0. The normalized spacial score (nSPS) is 13.1. The van der Waals surface area contributed by atoms with E-state index in [1.165, 1.54) is 5.57 Å². The molecule has 0 radical (unpaired) electrons. The SMILES string of the molecule is C/C=C\C=C(/C)CBr. The quantitative estimate of drug-likeness (QED) is 0.447. The standard InChI is InChI=1S/C7H11Br/c1-3-4-5-7(2)6-8/h3-5H,6H2,1-2H3/b4-3-,7-5+. The number of allylic oxidation sites excluding steroid dienone is 4. The maximum absolute atomic E-state index is 3.34. The molecule has 0 aliphatic carbocycles. The molecule has 0 atom stereocenters. The van der Waals surface area contributed by atoms with Gasteiger partial charge in [-0.15, -0.1) is 0 Å². The Labute approximate surface area is 59.4 Å². The molecule has 0 rings (SSSR count). The van der Waals surface area contributed by atoms with E-state index in [4.69, 9.17) is 0 Å². The van der Waals surface area contributed by atoms with Crippen molar-refractivity contribution in [3.63, 3.8) is 0 Å². The van der Waals surface area contributed by atoms with Crippen molar-refractivity contribution < 1.29 is 0 Å². The van der Waals surface area contributed by atoms with E-state index in [2.05, 4.69) is 28.9 Å². The van der Waals surface area contributed by atoms with E-state index in [9.17, 15) is 0 Å². The Bertz CT molecular complexity index is 101. The third-order valence-corrected chi connectivity index (χ3v) is 1.67. The van der Waals surface area contributed by atoms with Gasteiger partial charge in [0.1, 0.15) is 0 Å². The molecule has 0 aliphatic rings. The topological polar surface area (TPSA) is 0 Å². The first kappa shape index (κ1) is 7.96. The molecule has 0 N–H and O–H groups in total. The maximum Gasteiger partial charge on any atom is 0.0242 e. The Balaban J connectivity index is 3.57. The van der Waals surface area contributed by atoms with Crippen LogP contribution in [0.2, 0.25) is 0 Å². The van der Waals surface area contributed by atoms with Crippen LogP contribution in [0.5, 0.6) is 0 Å². The summed E-state index contributed by atoms with van der Waals surface area (Å²) in [5, 5.41) is 0.970. The average Bonchev–Trinajstić information content (AvgIpc) is 1.83. The molecule has 0 bridgehead atoms. The first-order valence-corrected chi connectivity index (χ1v) is 3.77. The van der Waals surface area contributed by atoms with Gasteiger partial charge in [-0.3, -0.25) is 0 Å². The number of hydrogen-bond donors (Lipinski definition) is 0. The Morgan fingerprint density at radius 2 is 2.25 bits per heavy atom. The molecule has 0 aromatic heterocycles. The van der Waals surface area contributed by atoms with Crippen LogP contribution >= 0.6 is 15.9 Å². The fourth-order valence-corrected chi connectivity index (χ4v) is 0.492. The van der Waals surface area contributed by atoms with E-state index < -0.39 is 0 Å². The van der Waals surface area contributed by atoms with Crippen molar-refractivity contribution in [2.24, 2.45) is 0 Å². The van der Waals surface area contributed by atoms with E-state index in [0.717, 1.165) is 5.33 Å². The highest BCUT2D eigenvalue weighted by Gasteiger charge is 1.77. The molecule has 0 fully saturated rings. The van der Waals surface area contributed by atoms with Crippen LogP contribution in [-0.4, -0.2) is 5.33 Å². The highest BCUT2D eigenvalue weighted by molar-refractivity contribution is 9.09. The zero-order valence-corrected chi connectivity index (χ0v) is 6.90. The lowest BCUT2D eigenvalue weighted by Gasteiger charge is -1.85. The van der Waals surface area contributed by atoms with Crippen LogP contribution < -0.4 is 0 Å². The molecule has 0 unspecified atom stereocenters. The summed E-state index contributed by atoms with van der Waals surface area (Å²) >= 11 is 3.34. The van der Waals surface area contributed by atoms with Gasteiger partial charge in [-0.1, -0.05) is 39.7 Å². The Morgan fingerprint density at radius 1 is 1.62 bits per heavy atom. The third kappa shape index (κ3) is 4.13. The fourth-order valence-electron chi connectivity index (χ4n) is 0.305. The lowest BCUT2D eigenvalue weighted by molar-refractivity contribution is 1.42. The van der Waals surface area contributed by atoms with Crippen LogP contribution in [0.25, 0.3) is 0 Å². The molecule has 1 heteroatoms. The first-order chi connectivity index (χ1) is 3.81. The van der Waals surface area contributed by atoms with Crippen LogP contribution in [0.4, 0.5) is 0 Å². The summed E-state index contributed by atoms with van der Waals surface area (Å²) < 4.78 is 0. The molecule has 0 aliphatic heterocycles. The number of alkyl halides is 1. The molecular formula is C7H11Br. The lowest BCUT2D eigenvalue weighted by Crippen LogP contribution is -1.71. The van der Waals surface area contributed by atoms with Crippen molar-refractivity contribution in [1.29, 1.82) is 0 Å². The van der Waals surface area contributed by atoms with E-state index >= 15 is 0 Å². The van der Waals surface area contributed by atoms with Crippen LogP contribution in [0.15, 0.2) is 23.8 Å². The van der Waals surface area contributed by atoms with Gasteiger partial charge in [0.05, 0.1) is 0 Å². The molecule has 0 heterocycles. The Hall–Kier alpha value is -0.0400. The van der Waals surface area contributed by atoms with Crippen molar-refractivity contribution in [3.05, 3.63) is 23.8 Å². The molecule has 46 valence electrons. The van der Waals surface area contributed by atoms with Gasteiger partial charge >= 0.3 is 0 Å². The second kappa shape index (κ2) is 5.10. The molecule has 8 heavy (non-hydrogen) atoms. The number of halogens is 1. The summed E-state index contributed by atoms with van der Waals surface area (Å²) in [5.41, 5.74) is 1.35. The van der Waals surface area contributed by atoms with Gasteiger partial charge < -0.3 is 0 Å². The summed E-state index contributed by atoms with van der Waals surface area (Å²) in [6.07, 6.45) is 6.15. The predicted molar refractivity (Wildman–Crippen MR) is 42.4 cm³/mol. The van der Waals surface area contributed by atoms with Gasteiger partial charge in [-0.05, 0) is 13.8 Å². The molecule has 0 aromatic carbocycles. The van der Waals surface area contributed by atoms with Gasteiger partial charge in [0.2, 0.25) is 0 Å². The van der Waals surface area contributed by atoms with Gasteiger partial charge in [0.25, 0.3) is 0 Å². The van der Waals surface area contributed by atoms with Gasteiger partial charge in [-0.2, -0.15) is 0 Å². The molecule has 0 aromatic rings. The highest BCUT2D eigenvalue weighted by Crippen LogP contribution is 1.96. The minimum atomic E-state index is 0.970. The zero-order chi connectivity index (χ0) is 6.41. The molecule has 0 spiro atoms. The largest absolute Gasteiger partial charge is 0.0880 e. The molecule has 0 saturated heterocycles. The van der Waals surface area contributed by atoms with E-state index in [0.29, 0.717) is 0 Å². The van der Waals surface area contributed by atoms with Gasteiger partial charge in [-0.25, -0.2) is 0 Å². The summed E-state index contributed by atoms with van der Waals surface area (Å²) in [6.45, 7) is 4.10. The fraction of sp³-hybridized carbons (Fsp3) is 0.429. The summed E-state index contributed by atoms with van der Waals surface area (Å²) in [5.74, 6) is 0. The van der Waals surface area contributed by atoms with Crippen LogP contribution in [-0.2, 0) is 0 Å². The predicted octanol–water partition coefficient (Wildman–Crippen LogP) is 2.90. The molecule has 0 saturated carbocycles. The number of rotatable bonds is 2. The Kier molecular flexibility index (Phi) is 5.08. The minimum Gasteiger partial charge on any atom is -0.0880 e. The van der Waals surface area contributed by atoms with E-state index in [1.807, 2.05) is 19.1 Å². The lowest BCUT2D eigenvalue weighted by atomic mass is 10.3. The van der Waals surface area contributed by atoms with Crippen LogP contribution in [0.1, 0.15) is 13.8 Å². The average molecular weight is 175 g/mol. The second-order valence-electron chi connectivity index (χ2n) is 1.67. The van der Waals surface area contributed by atoms with Gasteiger partial charge in [0.15, 0.2) is 0 Å². The van der Waals surface area contributed by atoms with Crippen molar-refractivity contribution in [2.45, 2.75) is 13.8 Å². The smallest absolute Gasteiger partial charge is 0.0242 e. The maximum atomic E-state index is 3.34. The summed E-state index contributed by atoms with van der Waals surface area (Å²) in [4.78, 5) is 0. The van der Waals surface area contributed by atoms with Crippen molar-refractivity contribution in [1.82, 2.24) is 0 Å². The van der Waals surface area contributed by atoms with Crippen molar-refractivity contribution in [3.8, 4) is 0 Å². The molecule has 0 nitrogen and oxygen atoms in total. The van der Waals surface area contributed by atoms with Crippen molar-refractivity contribution in [2.75, 3.05) is 5.33 Å². The van der Waals surface area contributed by atoms with Gasteiger partial charge in [0, 0.05) is 5.33 Å². The van der Waals surface area contributed by atoms with Crippen LogP contribution in [0.3, 0.4) is 0 Å². The minimum absolute atomic E-state index is 0.970. The third-order valence-electron chi connectivity index (χ3n) is 0.784. The second-order valence-corrected chi connectivity index (χ2v) is 2.23. The molecule has 0 amide bonds.